The van der Waals surface area contributed by atoms with Crippen molar-refractivity contribution in [2.75, 3.05) is 0 Å². The van der Waals surface area contributed by atoms with Crippen molar-refractivity contribution >= 4 is 82.1 Å². The maximum atomic E-state index is 8.05. The summed E-state index contributed by atoms with van der Waals surface area (Å²) >= 11 is 27.8. The summed E-state index contributed by atoms with van der Waals surface area (Å²) in [6.07, 6.45) is 0. The van der Waals surface area contributed by atoms with E-state index >= 15 is 0 Å². The normalized spacial score (nSPS) is 32.9. The Morgan fingerprint density at radius 3 is 1.49 bits per heavy atom. The van der Waals surface area contributed by atoms with Crippen LogP contribution >= 0.6 is 77.1 Å². The molecule has 0 N–H and O–H groups in total. The molecule has 0 radical (unpaired) electrons. The molecule has 2 unspecified atom stereocenters. The zero-order valence-electron chi connectivity index (χ0n) is 28.8. The van der Waals surface area contributed by atoms with E-state index in [1.165, 1.54) is 49.5 Å². The van der Waals surface area contributed by atoms with Gasteiger partial charge in [0.1, 0.15) is 0 Å². The molecule has 6 aliphatic rings. The van der Waals surface area contributed by atoms with Crippen molar-refractivity contribution < 1.29 is 13.6 Å². The Morgan fingerprint density at radius 2 is 1.09 bits per heavy atom. The number of aryl methyl sites for hydroxylation is 6. The molecule has 47 heavy (non-hydrogen) atoms. The summed E-state index contributed by atoms with van der Waals surface area (Å²) in [6.45, 7) is 23.4. The minimum absolute atomic E-state index is 0.155. The van der Waals surface area contributed by atoms with E-state index in [0.717, 1.165) is 7.89 Å². The third-order valence-corrected chi connectivity index (χ3v) is 36.2. The van der Waals surface area contributed by atoms with Gasteiger partial charge < -0.3 is 0 Å². The van der Waals surface area contributed by atoms with Gasteiger partial charge in [0.15, 0.2) is 0 Å². The number of benzene rings is 3. The van der Waals surface area contributed by atoms with Gasteiger partial charge in [-0.15, -0.1) is 0 Å². The second-order valence-corrected chi connectivity index (χ2v) is 30.5. The number of halogens is 4. The second kappa shape index (κ2) is 9.43. The van der Waals surface area contributed by atoms with Crippen LogP contribution in [-0.4, -0.2) is 9.93 Å². The summed E-state index contributed by atoms with van der Waals surface area (Å²) in [5.74, 6) is 0.828. The molecule has 11 heteroatoms. The summed E-state index contributed by atoms with van der Waals surface area (Å²) in [5, 5.41) is 1.51. The van der Waals surface area contributed by atoms with Crippen LogP contribution in [0.1, 0.15) is 86.1 Å². The first kappa shape index (κ1) is 34.0. The third kappa shape index (κ3) is 3.24. The molecule has 0 amide bonds. The molecule has 5 atom stereocenters. The van der Waals surface area contributed by atoms with Crippen LogP contribution in [0.15, 0.2) is 24.3 Å². The van der Waals surface area contributed by atoms with Crippen molar-refractivity contribution in [1.82, 2.24) is 0 Å². The maximum absolute atomic E-state index is 8.05. The molecule has 0 aromatic heterocycles. The molecule has 9 rings (SSSR count). The van der Waals surface area contributed by atoms with Gasteiger partial charge in [-0.1, -0.05) is 0 Å². The van der Waals surface area contributed by atoms with Crippen LogP contribution in [-0.2, 0) is 14.5 Å². The fourth-order valence-corrected chi connectivity index (χ4v) is 46.9. The zero-order valence-corrected chi connectivity index (χ0v) is 35.4. The van der Waals surface area contributed by atoms with E-state index in [4.69, 9.17) is 60.0 Å². The van der Waals surface area contributed by atoms with E-state index in [-0.39, 0.29) is 35.8 Å². The zero-order chi connectivity index (χ0) is 34.4. The number of hydrogen-bond donors (Lipinski definition) is 0. The van der Waals surface area contributed by atoms with Crippen molar-refractivity contribution in [2.45, 2.75) is 98.0 Å². The molecule has 0 aliphatic carbocycles. The van der Waals surface area contributed by atoms with Crippen molar-refractivity contribution in [1.29, 1.82) is 0 Å². The summed E-state index contributed by atoms with van der Waals surface area (Å²) in [6, 6.07) is 9.30. The number of rotatable bonds is 2. The molecule has 3 aromatic rings. The Balaban J connectivity index is 1.64. The van der Waals surface area contributed by atoms with Crippen LogP contribution in [0.3, 0.4) is 0 Å². The van der Waals surface area contributed by atoms with Gasteiger partial charge in [0.2, 0.25) is 0 Å². The SMILES string of the molecule is Cc1cc(C)c([C@@]23P4O[C@@]5(c6c(C)cc(C)cc6C)P2C(C(C)(C)C)=PP52(Oc5c(Cl)c(Cl)c(Cl)c(Cl)c5O2)[C@]43C(C)(C)C)c(C)c1. The summed E-state index contributed by atoms with van der Waals surface area (Å²) in [4.78, 5) is -0.746. The first-order chi connectivity index (χ1) is 21.6. The van der Waals surface area contributed by atoms with E-state index in [1.807, 2.05) is 0 Å². The van der Waals surface area contributed by atoms with Crippen molar-refractivity contribution in [2.24, 2.45) is 10.8 Å². The first-order valence-corrected chi connectivity index (χ1v) is 23.7. The quantitative estimate of drug-likeness (QED) is 0.147. The molecule has 6 heterocycles. The van der Waals surface area contributed by atoms with E-state index in [2.05, 4.69) is 107 Å². The monoisotopic (exact) mass is 784 g/mol. The molecule has 3 nitrogen and oxygen atoms in total. The standard InChI is InChI=1S/C36H40Cl4O3P4/c1-17-13-19(3)23(20(4)14-17)34-36(33(10,11)12)46(34)43-35(24-21(5)15-18(2)16-22(24)6)45(34)31(32(7,8)9)44-47(35,36)41-29-27(39)25(37)26(38)28(40)30(29)42-47/h13-16H,1-12H3/t34-,35-,36-,45?,46?/m0/s1. The van der Waals surface area contributed by atoms with Gasteiger partial charge in [-0.25, -0.2) is 0 Å². The molecular weight excluding hydrogens is 746 g/mol. The second-order valence-electron chi connectivity index (χ2n) is 16.2. The third-order valence-electron chi connectivity index (χ3n) is 10.9. The van der Waals surface area contributed by atoms with Gasteiger partial charge in [0.05, 0.1) is 0 Å². The van der Waals surface area contributed by atoms with Crippen LogP contribution in [0.25, 0.3) is 0 Å². The predicted octanol–water partition coefficient (Wildman–Crippen LogP) is 14.7. The van der Waals surface area contributed by atoms with Crippen LogP contribution in [0.2, 0.25) is 20.1 Å². The molecule has 4 saturated heterocycles. The first-order valence-electron chi connectivity index (χ1n) is 16.0. The average Bonchev–Trinajstić information content (AvgIpc) is 3.22. The van der Waals surface area contributed by atoms with E-state index < -0.39 is 32.8 Å². The minimum atomic E-state index is -4.20. The number of fused-ring (bicyclic) bond motifs is 1. The molecular formula is C36H40Cl4O3P4. The van der Waals surface area contributed by atoms with Crippen LogP contribution in [0, 0.1) is 52.4 Å². The average molecular weight is 786 g/mol. The molecule has 3 aromatic carbocycles. The van der Waals surface area contributed by atoms with Gasteiger partial charge in [0, 0.05) is 0 Å². The fourth-order valence-electron chi connectivity index (χ4n) is 10.1. The number of hydrogen-bond acceptors (Lipinski definition) is 3. The van der Waals surface area contributed by atoms with Gasteiger partial charge in [-0.05, 0) is 0 Å². The van der Waals surface area contributed by atoms with Gasteiger partial charge >= 0.3 is 305 Å². The Morgan fingerprint density at radius 1 is 0.660 bits per heavy atom. The van der Waals surface area contributed by atoms with E-state index in [0.29, 0.717) is 11.5 Å². The van der Waals surface area contributed by atoms with Crippen LogP contribution < -0.4 is 9.05 Å². The molecule has 6 aliphatic heterocycles. The van der Waals surface area contributed by atoms with Crippen molar-refractivity contribution in [3.05, 3.63) is 88.9 Å². The van der Waals surface area contributed by atoms with Crippen molar-refractivity contribution in [3.8, 4) is 11.5 Å². The molecule has 250 valence electrons. The fraction of sp³-hybridized carbons (Fsp3) is 0.472. The molecule has 4 fully saturated rings. The van der Waals surface area contributed by atoms with Crippen LogP contribution in [0.4, 0.5) is 0 Å². The summed E-state index contributed by atoms with van der Waals surface area (Å²) < 4.78 is 23.9. The Bertz CT molecular complexity index is 1980. The van der Waals surface area contributed by atoms with Gasteiger partial charge in [0.25, 0.3) is 0 Å². The van der Waals surface area contributed by atoms with Gasteiger partial charge in [-0.3, -0.25) is 0 Å². The van der Waals surface area contributed by atoms with Crippen molar-refractivity contribution in [3.63, 3.8) is 0 Å². The Hall–Kier alpha value is -0.160. The summed E-state index contributed by atoms with van der Waals surface area (Å²) in [5.41, 5.74) is 9.74. The predicted molar refractivity (Wildman–Crippen MR) is 208 cm³/mol. The van der Waals surface area contributed by atoms with E-state index in [1.54, 1.807) is 0 Å². The van der Waals surface area contributed by atoms with Crippen LogP contribution in [0.5, 0.6) is 11.5 Å². The Labute approximate surface area is 303 Å². The topological polar surface area (TPSA) is 27.7 Å². The van der Waals surface area contributed by atoms with Gasteiger partial charge in [-0.2, -0.15) is 0 Å². The molecule has 0 saturated carbocycles. The molecule has 1 spiro atoms. The summed E-state index contributed by atoms with van der Waals surface area (Å²) in [7, 11) is -1.07. The Kier molecular flexibility index (Phi) is 6.82. The molecule has 6 bridgehead atoms. The van der Waals surface area contributed by atoms with E-state index in [9.17, 15) is 0 Å².